The highest BCUT2D eigenvalue weighted by molar-refractivity contribution is 7.09. The molecule has 0 aliphatic carbocycles. The number of aryl methyl sites for hydroxylation is 1. The molecule has 0 radical (unpaired) electrons. The van der Waals surface area contributed by atoms with Crippen molar-refractivity contribution >= 4 is 34.8 Å². The highest BCUT2D eigenvalue weighted by atomic mass is 35.5. The Morgan fingerprint density at radius 2 is 1.86 bits per heavy atom. The Bertz CT molecular complexity index is 1000. The highest BCUT2D eigenvalue weighted by Crippen LogP contribution is 2.21. The molecular weight excluding hydrogens is 406 g/mol. The monoisotopic (exact) mass is 427 g/mol. The van der Waals surface area contributed by atoms with E-state index in [-0.39, 0.29) is 11.8 Å². The van der Waals surface area contributed by atoms with Crippen LogP contribution in [0.3, 0.4) is 0 Å². The van der Waals surface area contributed by atoms with Crippen LogP contribution in [0.25, 0.3) is 11.3 Å². The molecule has 0 aliphatic rings. The predicted octanol–water partition coefficient (Wildman–Crippen LogP) is 4.25. The molecule has 2 N–H and O–H groups in total. The van der Waals surface area contributed by atoms with Crippen molar-refractivity contribution in [3.63, 3.8) is 0 Å². The minimum Gasteiger partial charge on any atom is -0.354 e. The summed E-state index contributed by atoms with van der Waals surface area (Å²) in [6.07, 6.45) is 0.702. The fourth-order valence-electron chi connectivity index (χ4n) is 2.81. The largest absolute Gasteiger partial charge is 0.354 e. The third-order valence-electron chi connectivity index (χ3n) is 4.44. The average Bonchev–Trinajstić information content (AvgIpc) is 3.15. The number of amides is 2. The predicted molar refractivity (Wildman–Crippen MR) is 117 cm³/mol. The van der Waals surface area contributed by atoms with Crippen LogP contribution >= 0.6 is 22.9 Å². The molecule has 0 saturated carbocycles. The Balaban J connectivity index is 1.46. The maximum atomic E-state index is 12.3. The Labute approximate surface area is 179 Å². The lowest BCUT2D eigenvalue weighted by atomic mass is 10.1. The van der Waals surface area contributed by atoms with Gasteiger partial charge in [-0.3, -0.25) is 9.59 Å². The van der Waals surface area contributed by atoms with Crippen LogP contribution < -0.4 is 10.6 Å². The summed E-state index contributed by atoms with van der Waals surface area (Å²) in [6.45, 7) is 4.12. The van der Waals surface area contributed by atoms with Crippen LogP contribution in [-0.2, 0) is 11.2 Å². The molecular formula is C22H22ClN3O2S. The summed E-state index contributed by atoms with van der Waals surface area (Å²) >= 11 is 7.65. The lowest BCUT2D eigenvalue weighted by Crippen LogP contribution is -2.45. The van der Waals surface area contributed by atoms with E-state index < -0.39 is 6.04 Å². The van der Waals surface area contributed by atoms with Crippen LogP contribution in [0.4, 0.5) is 0 Å². The van der Waals surface area contributed by atoms with Gasteiger partial charge in [-0.1, -0.05) is 48.0 Å². The van der Waals surface area contributed by atoms with Crippen molar-refractivity contribution < 1.29 is 9.59 Å². The van der Waals surface area contributed by atoms with Crippen LogP contribution in [0, 0.1) is 6.92 Å². The first-order chi connectivity index (χ1) is 13.9. The summed E-state index contributed by atoms with van der Waals surface area (Å²) in [5, 5.41) is 8.97. The number of carbonyl (C=O) groups excluding carboxylic acids is 2. The van der Waals surface area contributed by atoms with Crippen molar-refractivity contribution in [1.29, 1.82) is 0 Å². The number of aromatic nitrogens is 1. The van der Waals surface area contributed by atoms with Gasteiger partial charge in [0.2, 0.25) is 5.91 Å². The van der Waals surface area contributed by atoms with Crippen LogP contribution in [0.5, 0.6) is 0 Å². The van der Waals surface area contributed by atoms with E-state index in [2.05, 4.69) is 15.6 Å². The number of thiazole rings is 1. The second-order valence-electron chi connectivity index (χ2n) is 6.66. The van der Waals surface area contributed by atoms with Crippen LogP contribution in [-0.4, -0.2) is 29.4 Å². The van der Waals surface area contributed by atoms with Crippen molar-refractivity contribution in [3.05, 3.63) is 75.1 Å². The first kappa shape index (κ1) is 21.0. The van der Waals surface area contributed by atoms with Gasteiger partial charge < -0.3 is 10.6 Å². The fraction of sp³-hybridized carbons (Fsp3) is 0.227. The quantitative estimate of drug-likeness (QED) is 0.592. The first-order valence-corrected chi connectivity index (χ1v) is 10.5. The topological polar surface area (TPSA) is 71.1 Å². The second kappa shape index (κ2) is 9.67. The molecule has 0 aliphatic heterocycles. The normalized spacial score (nSPS) is 11.7. The number of halogens is 1. The molecule has 5 nitrogen and oxygen atoms in total. The second-order valence-corrected chi connectivity index (χ2v) is 8.13. The minimum absolute atomic E-state index is 0.236. The third-order valence-corrected chi connectivity index (χ3v) is 5.54. The van der Waals surface area contributed by atoms with Crippen molar-refractivity contribution in [1.82, 2.24) is 15.6 Å². The molecule has 2 amide bonds. The Kier molecular flexibility index (Phi) is 7.01. The van der Waals surface area contributed by atoms with Gasteiger partial charge in [0.05, 0.1) is 21.3 Å². The van der Waals surface area contributed by atoms with Gasteiger partial charge in [-0.25, -0.2) is 4.98 Å². The Morgan fingerprint density at radius 1 is 1.14 bits per heavy atom. The Hall–Kier alpha value is -2.70. The molecule has 2 aromatic carbocycles. The SMILES string of the molecule is Cc1nc(-c2ccc(CCNC(=O)[C@H](C)NC(=O)c3ccccc3Cl)cc2)cs1. The van der Waals surface area contributed by atoms with E-state index in [0.29, 0.717) is 23.6 Å². The van der Waals surface area contributed by atoms with E-state index in [0.717, 1.165) is 21.8 Å². The summed E-state index contributed by atoms with van der Waals surface area (Å²) < 4.78 is 0. The van der Waals surface area contributed by atoms with Crippen LogP contribution in [0.2, 0.25) is 5.02 Å². The zero-order valence-electron chi connectivity index (χ0n) is 16.2. The molecule has 0 fully saturated rings. The molecule has 0 saturated heterocycles. The van der Waals surface area contributed by atoms with Gasteiger partial charge in [-0.15, -0.1) is 11.3 Å². The molecule has 3 aromatic rings. The van der Waals surface area contributed by atoms with E-state index in [1.54, 1.807) is 42.5 Å². The molecule has 0 bridgehead atoms. The number of nitrogens with one attached hydrogen (secondary N) is 2. The summed E-state index contributed by atoms with van der Waals surface area (Å²) in [6, 6.07) is 14.2. The van der Waals surface area contributed by atoms with E-state index in [9.17, 15) is 9.59 Å². The highest BCUT2D eigenvalue weighted by Gasteiger charge is 2.17. The number of hydrogen-bond acceptors (Lipinski definition) is 4. The molecule has 7 heteroatoms. The maximum absolute atomic E-state index is 12.3. The van der Waals surface area contributed by atoms with E-state index in [4.69, 9.17) is 11.6 Å². The number of rotatable bonds is 7. The molecule has 1 heterocycles. The fourth-order valence-corrected chi connectivity index (χ4v) is 3.65. The van der Waals surface area contributed by atoms with E-state index in [1.807, 2.05) is 36.6 Å². The van der Waals surface area contributed by atoms with Crippen molar-refractivity contribution in [3.8, 4) is 11.3 Å². The van der Waals surface area contributed by atoms with Crippen LogP contribution in [0.1, 0.15) is 27.9 Å². The van der Waals surface area contributed by atoms with Crippen molar-refractivity contribution in [2.24, 2.45) is 0 Å². The van der Waals surface area contributed by atoms with Gasteiger partial charge in [0.1, 0.15) is 6.04 Å². The molecule has 29 heavy (non-hydrogen) atoms. The molecule has 1 aromatic heterocycles. The summed E-state index contributed by atoms with van der Waals surface area (Å²) in [5.41, 5.74) is 3.53. The summed E-state index contributed by atoms with van der Waals surface area (Å²) in [7, 11) is 0. The Morgan fingerprint density at radius 3 is 2.52 bits per heavy atom. The number of carbonyl (C=O) groups is 2. The van der Waals surface area contributed by atoms with Gasteiger partial charge in [0.15, 0.2) is 0 Å². The third kappa shape index (κ3) is 5.65. The zero-order valence-corrected chi connectivity index (χ0v) is 17.8. The van der Waals surface area contributed by atoms with Gasteiger partial charge in [-0.2, -0.15) is 0 Å². The molecule has 150 valence electrons. The summed E-state index contributed by atoms with van der Waals surface area (Å²) in [4.78, 5) is 29.0. The van der Waals surface area contributed by atoms with Crippen molar-refractivity contribution in [2.45, 2.75) is 26.3 Å². The lowest BCUT2D eigenvalue weighted by Gasteiger charge is -2.14. The smallest absolute Gasteiger partial charge is 0.253 e. The van der Waals surface area contributed by atoms with Gasteiger partial charge in [0, 0.05) is 17.5 Å². The molecule has 3 rings (SSSR count). The first-order valence-electron chi connectivity index (χ1n) is 9.28. The number of benzene rings is 2. The summed E-state index contributed by atoms with van der Waals surface area (Å²) in [5.74, 6) is -0.605. The number of nitrogens with zero attached hydrogens (tertiary/aromatic N) is 1. The average molecular weight is 428 g/mol. The molecule has 0 spiro atoms. The van der Waals surface area contributed by atoms with Crippen LogP contribution in [0.15, 0.2) is 53.9 Å². The zero-order chi connectivity index (χ0) is 20.8. The standard InChI is InChI=1S/C22H22ClN3O2S/c1-14(25-22(28)18-5-3-4-6-19(18)23)21(27)24-12-11-16-7-9-17(10-8-16)20-13-29-15(2)26-20/h3-10,13-14H,11-12H2,1-2H3,(H,24,27)(H,25,28)/t14-/m0/s1. The van der Waals surface area contributed by atoms with E-state index >= 15 is 0 Å². The molecule has 0 unspecified atom stereocenters. The van der Waals surface area contributed by atoms with Crippen molar-refractivity contribution in [2.75, 3.05) is 6.54 Å². The molecule has 1 atom stereocenters. The minimum atomic E-state index is -0.658. The van der Waals surface area contributed by atoms with Gasteiger partial charge in [-0.05, 0) is 38.0 Å². The maximum Gasteiger partial charge on any atom is 0.253 e. The lowest BCUT2D eigenvalue weighted by molar-refractivity contribution is -0.122. The van der Waals surface area contributed by atoms with Gasteiger partial charge >= 0.3 is 0 Å². The van der Waals surface area contributed by atoms with E-state index in [1.165, 1.54) is 0 Å². The number of hydrogen-bond donors (Lipinski definition) is 2. The van der Waals surface area contributed by atoms with Gasteiger partial charge in [0.25, 0.3) is 5.91 Å².